The molecule has 0 bridgehead atoms. The Labute approximate surface area is 203 Å². The van der Waals surface area contributed by atoms with Crippen molar-refractivity contribution in [2.45, 2.75) is 19.8 Å². The summed E-state index contributed by atoms with van der Waals surface area (Å²) >= 11 is 0. The van der Waals surface area contributed by atoms with Gasteiger partial charge < -0.3 is 14.7 Å². The zero-order valence-corrected chi connectivity index (χ0v) is 19.5. The van der Waals surface area contributed by atoms with Crippen molar-refractivity contribution in [1.82, 2.24) is 15.0 Å². The SMILES string of the molecule is Cc1ccc(-c2noc(-c3ccc(NC(=O)C4CC(=O)N(CCc5ccccc5)C4)cc3)n2)cc1. The molecule has 0 saturated carbocycles. The van der Waals surface area contributed by atoms with E-state index in [1.54, 1.807) is 17.0 Å². The van der Waals surface area contributed by atoms with Crippen molar-refractivity contribution in [3.8, 4) is 22.8 Å². The van der Waals surface area contributed by atoms with E-state index >= 15 is 0 Å². The lowest BCUT2D eigenvalue weighted by Gasteiger charge is -2.16. The van der Waals surface area contributed by atoms with Gasteiger partial charge in [0.2, 0.25) is 17.6 Å². The fourth-order valence-corrected chi connectivity index (χ4v) is 4.17. The Kier molecular flexibility index (Phi) is 6.39. The van der Waals surface area contributed by atoms with Crippen LogP contribution in [0.25, 0.3) is 22.8 Å². The number of hydrogen-bond donors (Lipinski definition) is 1. The number of benzene rings is 3. The molecule has 0 spiro atoms. The number of hydrogen-bond acceptors (Lipinski definition) is 5. The maximum Gasteiger partial charge on any atom is 0.258 e. The van der Waals surface area contributed by atoms with Gasteiger partial charge in [0.1, 0.15) is 0 Å². The van der Waals surface area contributed by atoms with Crippen molar-refractivity contribution in [2.75, 3.05) is 18.4 Å². The number of likely N-dealkylation sites (tertiary alicyclic amines) is 1. The molecule has 1 N–H and O–H groups in total. The first kappa shape index (κ1) is 22.5. The number of rotatable bonds is 7. The number of amides is 2. The van der Waals surface area contributed by atoms with Gasteiger partial charge in [0.25, 0.3) is 5.89 Å². The van der Waals surface area contributed by atoms with Crippen LogP contribution in [0.5, 0.6) is 0 Å². The van der Waals surface area contributed by atoms with E-state index < -0.39 is 0 Å². The minimum Gasteiger partial charge on any atom is -0.342 e. The Morgan fingerprint density at radius 2 is 1.71 bits per heavy atom. The lowest BCUT2D eigenvalue weighted by molar-refractivity contribution is -0.128. The van der Waals surface area contributed by atoms with Crippen LogP contribution in [-0.4, -0.2) is 39.9 Å². The van der Waals surface area contributed by atoms with E-state index in [1.165, 1.54) is 5.56 Å². The molecule has 35 heavy (non-hydrogen) atoms. The number of anilines is 1. The molecule has 1 unspecified atom stereocenters. The number of carbonyl (C=O) groups is 2. The lowest BCUT2D eigenvalue weighted by atomic mass is 10.1. The molecule has 7 heteroatoms. The van der Waals surface area contributed by atoms with Gasteiger partial charge in [-0.3, -0.25) is 9.59 Å². The van der Waals surface area contributed by atoms with Crippen molar-refractivity contribution >= 4 is 17.5 Å². The minimum atomic E-state index is -0.356. The largest absolute Gasteiger partial charge is 0.342 e. The van der Waals surface area contributed by atoms with Gasteiger partial charge in [-0.25, -0.2) is 0 Å². The fourth-order valence-electron chi connectivity index (χ4n) is 4.17. The molecule has 1 atom stereocenters. The van der Waals surface area contributed by atoms with Crippen LogP contribution < -0.4 is 5.32 Å². The molecule has 176 valence electrons. The summed E-state index contributed by atoms with van der Waals surface area (Å²) in [6.07, 6.45) is 1.02. The van der Waals surface area contributed by atoms with Gasteiger partial charge in [-0.1, -0.05) is 65.3 Å². The third kappa shape index (κ3) is 5.30. The van der Waals surface area contributed by atoms with Crippen LogP contribution in [0.15, 0.2) is 83.4 Å². The highest BCUT2D eigenvalue weighted by atomic mass is 16.5. The van der Waals surface area contributed by atoms with Crippen LogP contribution in [0.1, 0.15) is 17.5 Å². The molecule has 2 amide bonds. The number of aryl methyl sites for hydroxylation is 1. The number of aromatic nitrogens is 2. The van der Waals surface area contributed by atoms with E-state index in [9.17, 15) is 9.59 Å². The molecule has 3 aromatic carbocycles. The average Bonchev–Trinajstić information content (AvgIpc) is 3.52. The zero-order valence-electron chi connectivity index (χ0n) is 19.5. The third-order valence-corrected chi connectivity index (χ3v) is 6.23. The maximum atomic E-state index is 12.8. The predicted octanol–water partition coefficient (Wildman–Crippen LogP) is 4.74. The Bertz CT molecular complexity index is 1310. The van der Waals surface area contributed by atoms with Gasteiger partial charge in [0.15, 0.2) is 0 Å². The third-order valence-electron chi connectivity index (χ3n) is 6.23. The first-order valence-corrected chi connectivity index (χ1v) is 11.7. The van der Waals surface area contributed by atoms with Crippen molar-refractivity contribution in [3.63, 3.8) is 0 Å². The summed E-state index contributed by atoms with van der Waals surface area (Å²) in [7, 11) is 0. The second kappa shape index (κ2) is 9.93. The first-order chi connectivity index (χ1) is 17.0. The van der Waals surface area contributed by atoms with Crippen LogP contribution in [0.2, 0.25) is 0 Å². The van der Waals surface area contributed by atoms with Gasteiger partial charge in [0.05, 0.1) is 5.92 Å². The Morgan fingerprint density at radius 1 is 1.00 bits per heavy atom. The highest BCUT2D eigenvalue weighted by Crippen LogP contribution is 2.25. The molecule has 5 rings (SSSR count). The van der Waals surface area contributed by atoms with E-state index in [0.717, 1.165) is 23.1 Å². The van der Waals surface area contributed by atoms with Crippen molar-refractivity contribution in [2.24, 2.45) is 5.92 Å². The number of nitrogens with one attached hydrogen (secondary N) is 1. The Morgan fingerprint density at radius 3 is 2.46 bits per heavy atom. The molecule has 1 aliphatic heterocycles. The van der Waals surface area contributed by atoms with Gasteiger partial charge in [-0.05, 0) is 43.2 Å². The van der Waals surface area contributed by atoms with E-state index in [-0.39, 0.29) is 24.2 Å². The fraction of sp³-hybridized carbons (Fsp3) is 0.214. The van der Waals surface area contributed by atoms with Crippen LogP contribution in [-0.2, 0) is 16.0 Å². The van der Waals surface area contributed by atoms with Crippen molar-refractivity contribution in [1.29, 1.82) is 0 Å². The van der Waals surface area contributed by atoms with Crippen LogP contribution >= 0.6 is 0 Å². The quantitative estimate of drug-likeness (QED) is 0.425. The van der Waals surface area contributed by atoms with E-state index in [1.807, 2.05) is 73.7 Å². The molecule has 1 aromatic heterocycles. The molecule has 1 fully saturated rings. The Hall–Kier alpha value is -4.26. The number of carbonyl (C=O) groups excluding carboxylic acids is 2. The predicted molar refractivity (Wildman–Crippen MR) is 133 cm³/mol. The molecule has 0 radical (unpaired) electrons. The smallest absolute Gasteiger partial charge is 0.258 e. The first-order valence-electron chi connectivity index (χ1n) is 11.7. The topological polar surface area (TPSA) is 88.3 Å². The maximum absolute atomic E-state index is 12.8. The van der Waals surface area contributed by atoms with Gasteiger partial charge >= 0.3 is 0 Å². The van der Waals surface area contributed by atoms with E-state index in [2.05, 4.69) is 15.5 Å². The molecule has 1 aliphatic rings. The standard InChI is InChI=1S/C28H26N4O3/c1-19-7-9-21(10-8-19)26-30-28(35-31-26)22-11-13-24(14-12-22)29-27(34)23-17-25(33)32(18-23)16-15-20-5-3-2-4-6-20/h2-14,23H,15-18H2,1H3,(H,29,34). The van der Waals surface area contributed by atoms with Crippen LogP contribution in [0.4, 0.5) is 5.69 Å². The van der Waals surface area contributed by atoms with Crippen LogP contribution in [0.3, 0.4) is 0 Å². The zero-order chi connectivity index (χ0) is 24.2. The summed E-state index contributed by atoms with van der Waals surface area (Å²) < 4.78 is 5.42. The molecular formula is C28H26N4O3. The highest BCUT2D eigenvalue weighted by Gasteiger charge is 2.34. The van der Waals surface area contributed by atoms with E-state index in [0.29, 0.717) is 30.5 Å². The van der Waals surface area contributed by atoms with Gasteiger partial charge in [0, 0.05) is 36.3 Å². The summed E-state index contributed by atoms with van der Waals surface area (Å²) in [6.45, 7) is 3.09. The van der Waals surface area contributed by atoms with Gasteiger partial charge in [-0.15, -0.1) is 0 Å². The number of nitrogens with zero attached hydrogens (tertiary/aromatic N) is 3. The normalized spacial score (nSPS) is 15.4. The van der Waals surface area contributed by atoms with Crippen molar-refractivity contribution < 1.29 is 14.1 Å². The minimum absolute atomic E-state index is 0.0252. The molecular weight excluding hydrogens is 440 g/mol. The monoisotopic (exact) mass is 466 g/mol. The molecule has 0 aliphatic carbocycles. The van der Waals surface area contributed by atoms with Gasteiger partial charge in [-0.2, -0.15) is 4.98 Å². The second-order valence-electron chi connectivity index (χ2n) is 8.83. The summed E-state index contributed by atoms with van der Waals surface area (Å²) in [5, 5.41) is 7.00. The van der Waals surface area contributed by atoms with Crippen LogP contribution in [0, 0.1) is 12.8 Å². The average molecular weight is 467 g/mol. The van der Waals surface area contributed by atoms with Crippen molar-refractivity contribution in [3.05, 3.63) is 90.0 Å². The summed E-state index contributed by atoms with van der Waals surface area (Å²) in [6, 6.07) is 25.2. The summed E-state index contributed by atoms with van der Waals surface area (Å²) in [5.74, 6) is 0.463. The summed E-state index contributed by atoms with van der Waals surface area (Å²) in [5.41, 5.74) is 4.65. The van der Waals surface area contributed by atoms with E-state index in [4.69, 9.17) is 4.52 Å². The highest BCUT2D eigenvalue weighted by molar-refractivity contribution is 5.97. The molecule has 4 aromatic rings. The lowest BCUT2D eigenvalue weighted by Crippen LogP contribution is -2.30. The molecule has 7 nitrogen and oxygen atoms in total. The molecule has 2 heterocycles. The Balaban J connectivity index is 1.17. The molecule has 1 saturated heterocycles. The summed E-state index contributed by atoms with van der Waals surface area (Å²) in [4.78, 5) is 31.5. The second-order valence-corrected chi connectivity index (χ2v) is 8.83.